The van der Waals surface area contributed by atoms with Crippen LogP contribution in [0.1, 0.15) is 44.2 Å². The lowest BCUT2D eigenvalue weighted by Crippen LogP contribution is -2.46. The van der Waals surface area contributed by atoms with E-state index in [2.05, 4.69) is 11.9 Å². The van der Waals surface area contributed by atoms with Crippen LogP contribution < -0.4 is 10.5 Å². The van der Waals surface area contributed by atoms with Gasteiger partial charge in [-0.3, -0.25) is 4.98 Å². The van der Waals surface area contributed by atoms with E-state index in [0.29, 0.717) is 5.92 Å². The number of nitrogens with two attached hydrogens (primary N) is 1. The first-order valence-corrected chi connectivity index (χ1v) is 6.91. The summed E-state index contributed by atoms with van der Waals surface area (Å²) in [6.45, 7) is 2.27. The molecule has 4 nitrogen and oxygen atoms in total. The molecule has 0 aromatic carbocycles. The Hall–Kier alpha value is -1.13. The van der Waals surface area contributed by atoms with E-state index in [9.17, 15) is 0 Å². The highest BCUT2D eigenvalue weighted by Gasteiger charge is 2.41. The molecule has 1 heterocycles. The Bertz CT molecular complexity index is 424. The summed E-state index contributed by atoms with van der Waals surface area (Å²) in [5.74, 6) is 1.39. The second-order valence-electron chi connectivity index (χ2n) is 5.61. The number of methoxy groups -OCH3 is 2. The van der Waals surface area contributed by atoms with Gasteiger partial charge in [0.1, 0.15) is 5.75 Å². The van der Waals surface area contributed by atoms with Crippen molar-refractivity contribution in [2.75, 3.05) is 14.2 Å². The normalized spacial score (nSPS) is 28.9. The van der Waals surface area contributed by atoms with Crippen LogP contribution in [-0.4, -0.2) is 24.8 Å². The van der Waals surface area contributed by atoms with Crippen molar-refractivity contribution in [2.45, 2.75) is 44.2 Å². The van der Waals surface area contributed by atoms with Gasteiger partial charge in [0.25, 0.3) is 0 Å². The highest BCUT2D eigenvalue weighted by Crippen LogP contribution is 2.42. The molecule has 1 aromatic heterocycles. The van der Waals surface area contributed by atoms with Gasteiger partial charge in [-0.05, 0) is 30.4 Å². The number of hydrogen-bond acceptors (Lipinski definition) is 4. The summed E-state index contributed by atoms with van der Waals surface area (Å²) in [6, 6.07) is 1.79. The van der Waals surface area contributed by atoms with Crippen molar-refractivity contribution in [3.05, 3.63) is 24.0 Å². The van der Waals surface area contributed by atoms with Crippen molar-refractivity contribution in [1.82, 2.24) is 4.98 Å². The Kier molecular flexibility index (Phi) is 4.42. The largest absolute Gasteiger partial charge is 0.495 e. The monoisotopic (exact) mass is 264 g/mol. The van der Waals surface area contributed by atoms with E-state index in [1.807, 2.05) is 12.3 Å². The minimum absolute atomic E-state index is 0.164. The molecule has 1 aliphatic rings. The van der Waals surface area contributed by atoms with Crippen molar-refractivity contribution >= 4 is 0 Å². The molecule has 4 heteroatoms. The van der Waals surface area contributed by atoms with Crippen LogP contribution in [0, 0.1) is 5.92 Å². The van der Waals surface area contributed by atoms with E-state index in [1.54, 1.807) is 20.4 Å². The van der Waals surface area contributed by atoms with E-state index < -0.39 is 0 Å². The summed E-state index contributed by atoms with van der Waals surface area (Å²) in [5, 5.41) is 0. The predicted octanol–water partition coefficient (Wildman–Crippen LogP) is 2.69. The van der Waals surface area contributed by atoms with Gasteiger partial charge in [0.05, 0.1) is 24.9 Å². The zero-order valence-electron chi connectivity index (χ0n) is 12.1. The molecule has 0 radical (unpaired) electrons. The molecule has 1 aliphatic carbocycles. The molecule has 19 heavy (non-hydrogen) atoms. The summed E-state index contributed by atoms with van der Waals surface area (Å²) in [4.78, 5) is 4.20. The highest BCUT2D eigenvalue weighted by atomic mass is 16.5. The maximum atomic E-state index is 6.48. The molecule has 0 bridgehead atoms. The minimum atomic E-state index is -0.272. The molecule has 2 rings (SSSR count). The average Bonchev–Trinajstić information content (AvgIpc) is 2.46. The van der Waals surface area contributed by atoms with Crippen LogP contribution in [0.3, 0.4) is 0 Å². The van der Waals surface area contributed by atoms with Crippen LogP contribution in [0.5, 0.6) is 5.75 Å². The predicted molar refractivity (Wildman–Crippen MR) is 75.1 cm³/mol. The first-order chi connectivity index (χ1) is 9.11. The molecule has 2 N–H and O–H groups in total. The fraction of sp³-hybridized carbons (Fsp3) is 0.667. The molecule has 0 amide bonds. The third-order valence-electron chi connectivity index (χ3n) is 4.29. The Balaban J connectivity index is 2.26. The van der Waals surface area contributed by atoms with Crippen LogP contribution in [0.15, 0.2) is 18.5 Å². The van der Waals surface area contributed by atoms with E-state index in [1.165, 1.54) is 12.8 Å². The molecule has 0 aliphatic heterocycles. The van der Waals surface area contributed by atoms with Gasteiger partial charge in [-0.2, -0.15) is 0 Å². The molecular formula is C15H24N2O2. The SMILES string of the molecule is COc1cncc(C(N)C2(OC)CCCC(C)C2)c1. The number of hydrogen-bond donors (Lipinski definition) is 1. The molecule has 1 fully saturated rings. The van der Waals surface area contributed by atoms with Crippen molar-refractivity contribution < 1.29 is 9.47 Å². The fourth-order valence-corrected chi connectivity index (χ4v) is 3.16. The van der Waals surface area contributed by atoms with E-state index >= 15 is 0 Å². The molecule has 3 atom stereocenters. The van der Waals surface area contributed by atoms with E-state index in [4.69, 9.17) is 15.2 Å². The number of ether oxygens (including phenoxy) is 2. The topological polar surface area (TPSA) is 57.4 Å². The van der Waals surface area contributed by atoms with Gasteiger partial charge < -0.3 is 15.2 Å². The zero-order valence-corrected chi connectivity index (χ0v) is 12.1. The van der Waals surface area contributed by atoms with Crippen LogP contribution >= 0.6 is 0 Å². The summed E-state index contributed by atoms with van der Waals surface area (Å²) in [5.41, 5.74) is 7.19. The summed E-state index contributed by atoms with van der Waals surface area (Å²) in [7, 11) is 3.41. The zero-order chi connectivity index (χ0) is 13.9. The first-order valence-electron chi connectivity index (χ1n) is 6.91. The van der Waals surface area contributed by atoms with Crippen molar-refractivity contribution in [1.29, 1.82) is 0 Å². The summed E-state index contributed by atoms with van der Waals surface area (Å²) >= 11 is 0. The minimum Gasteiger partial charge on any atom is -0.495 e. The quantitative estimate of drug-likeness (QED) is 0.908. The Morgan fingerprint density at radius 3 is 2.84 bits per heavy atom. The fourth-order valence-electron chi connectivity index (χ4n) is 3.16. The average molecular weight is 264 g/mol. The van der Waals surface area contributed by atoms with Crippen LogP contribution in [0.25, 0.3) is 0 Å². The second-order valence-corrected chi connectivity index (χ2v) is 5.61. The standard InChI is InChI=1S/C15H24N2O2/c1-11-5-4-6-15(8-11,19-3)14(16)12-7-13(18-2)10-17-9-12/h7,9-11,14H,4-6,8,16H2,1-3H3. The third kappa shape index (κ3) is 2.90. The van der Waals surface area contributed by atoms with Gasteiger partial charge in [-0.15, -0.1) is 0 Å². The van der Waals surface area contributed by atoms with E-state index in [-0.39, 0.29) is 11.6 Å². The maximum Gasteiger partial charge on any atom is 0.137 e. The lowest BCUT2D eigenvalue weighted by Gasteiger charge is -2.43. The van der Waals surface area contributed by atoms with Gasteiger partial charge >= 0.3 is 0 Å². The Morgan fingerprint density at radius 2 is 2.21 bits per heavy atom. The van der Waals surface area contributed by atoms with E-state index in [0.717, 1.165) is 24.2 Å². The van der Waals surface area contributed by atoms with Crippen molar-refractivity contribution in [3.63, 3.8) is 0 Å². The van der Waals surface area contributed by atoms with Crippen LogP contribution in [0.2, 0.25) is 0 Å². The number of nitrogens with zero attached hydrogens (tertiary/aromatic N) is 1. The molecule has 3 unspecified atom stereocenters. The molecular weight excluding hydrogens is 240 g/mol. The van der Waals surface area contributed by atoms with Crippen molar-refractivity contribution in [3.8, 4) is 5.75 Å². The van der Waals surface area contributed by atoms with Crippen molar-refractivity contribution in [2.24, 2.45) is 11.7 Å². The van der Waals surface area contributed by atoms with Gasteiger partial charge in [-0.1, -0.05) is 19.8 Å². The Labute approximate surface area is 115 Å². The van der Waals surface area contributed by atoms with Gasteiger partial charge in [0.2, 0.25) is 0 Å². The third-order valence-corrected chi connectivity index (χ3v) is 4.29. The molecule has 0 saturated heterocycles. The summed E-state index contributed by atoms with van der Waals surface area (Å²) in [6.07, 6.45) is 7.94. The second kappa shape index (κ2) is 5.88. The maximum absolute atomic E-state index is 6.48. The first kappa shape index (κ1) is 14.3. The number of rotatable bonds is 4. The van der Waals surface area contributed by atoms with Gasteiger partial charge in [0, 0.05) is 13.3 Å². The van der Waals surface area contributed by atoms with Crippen LogP contribution in [-0.2, 0) is 4.74 Å². The lowest BCUT2D eigenvalue weighted by molar-refractivity contribution is -0.0719. The summed E-state index contributed by atoms with van der Waals surface area (Å²) < 4.78 is 11.1. The number of aromatic nitrogens is 1. The van der Waals surface area contributed by atoms with Crippen LogP contribution in [0.4, 0.5) is 0 Å². The lowest BCUT2D eigenvalue weighted by atomic mass is 9.73. The molecule has 106 valence electrons. The molecule has 0 spiro atoms. The number of pyridine rings is 1. The smallest absolute Gasteiger partial charge is 0.137 e. The van der Waals surface area contributed by atoms with Gasteiger partial charge in [-0.25, -0.2) is 0 Å². The Morgan fingerprint density at radius 1 is 1.42 bits per heavy atom. The van der Waals surface area contributed by atoms with Gasteiger partial charge in [0.15, 0.2) is 0 Å². The highest BCUT2D eigenvalue weighted by molar-refractivity contribution is 5.28. The molecule has 1 aromatic rings. The molecule has 1 saturated carbocycles.